The molecule has 1 atom stereocenters. The topological polar surface area (TPSA) is 92.5 Å². The zero-order valence-corrected chi connectivity index (χ0v) is 14.3. The summed E-state index contributed by atoms with van der Waals surface area (Å²) < 4.78 is 27.6. The van der Waals surface area contributed by atoms with Gasteiger partial charge >= 0.3 is 0 Å². The molecule has 0 amide bonds. The monoisotopic (exact) mass is 341 g/mol. The van der Waals surface area contributed by atoms with Crippen LogP contribution in [0.1, 0.15) is 31.7 Å². The largest absolute Gasteiger partial charge is 0.299 e. The quantitative estimate of drug-likeness (QED) is 0.605. The number of benzene rings is 1. The average molecular weight is 341 g/mol. The van der Waals surface area contributed by atoms with E-state index in [2.05, 4.69) is 9.62 Å². The van der Waals surface area contributed by atoms with Crippen molar-refractivity contribution in [1.29, 1.82) is 0 Å². The number of rotatable bonds is 7. The van der Waals surface area contributed by atoms with Crippen molar-refractivity contribution in [3.63, 3.8) is 0 Å². The van der Waals surface area contributed by atoms with Gasteiger partial charge in [0.05, 0.1) is 9.82 Å². The van der Waals surface area contributed by atoms with Crippen LogP contribution in [0, 0.1) is 17.0 Å². The molecular weight excluding hydrogens is 318 g/mol. The van der Waals surface area contributed by atoms with Crippen molar-refractivity contribution in [2.24, 2.45) is 0 Å². The zero-order chi connectivity index (χ0) is 17.0. The van der Waals surface area contributed by atoms with Crippen LogP contribution in [0.4, 0.5) is 5.69 Å². The van der Waals surface area contributed by atoms with E-state index in [0.717, 1.165) is 32.4 Å². The van der Waals surface area contributed by atoms with E-state index in [-0.39, 0.29) is 22.2 Å². The van der Waals surface area contributed by atoms with E-state index in [4.69, 9.17) is 0 Å². The van der Waals surface area contributed by atoms with Gasteiger partial charge in [0.1, 0.15) is 0 Å². The predicted molar refractivity (Wildman–Crippen MR) is 87.9 cm³/mol. The lowest BCUT2D eigenvalue weighted by Gasteiger charge is -2.26. The molecule has 1 aromatic rings. The van der Waals surface area contributed by atoms with Gasteiger partial charge in [-0.3, -0.25) is 15.0 Å². The highest BCUT2D eigenvalue weighted by atomic mass is 32.2. The number of hydrogen-bond donors (Lipinski definition) is 1. The molecule has 1 saturated heterocycles. The van der Waals surface area contributed by atoms with Crippen molar-refractivity contribution < 1.29 is 13.3 Å². The molecule has 1 heterocycles. The van der Waals surface area contributed by atoms with Gasteiger partial charge in [0, 0.05) is 24.2 Å². The minimum Gasteiger partial charge on any atom is -0.299 e. The summed E-state index contributed by atoms with van der Waals surface area (Å²) >= 11 is 0. The molecule has 1 fully saturated rings. The first kappa shape index (κ1) is 17.8. The van der Waals surface area contributed by atoms with E-state index in [1.54, 1.807) is 0 Å². The number of nitro benzene ring substituents is 1. The normalized spacial score (nSPS) is 17.3. The molecule has 1 aromatic carbocycles. The van der Waals surface area contributed by atoms with Gasteiger partial charge in [-0.05, 0) is 45.3 Å². The van der Waals surface area contributed by atoms with E-state index < -0.39 is 14.9 Å². The van der Waals surface area contributed by atoms with E-state index in [9.17, 15) is 18.5 Å². The fourth-order valence-electron chi connectivity index (χ4n) is 3.01. The standard InChI is InChI=1S/C15H23N3O4S/c1-3-13(17-9-4-5-10-17)11-16-23(21,22)15-8-6-7-14(12(15)2)18(19)20/h6-8,13,16H,3-5,9-11H2,1-2H3. The van der Waals surface area contributed by atoms with Crippen LogP contribution in [-0.2, 0) is 10.0 Å². The van der Waals surface area contributed by atoms with Gasteiger partial charge in [-0.25, -0.2) is 13.1 Å². The molecule has 128 valence electrons. The minimum absolute atomic E-state index is 0.0250. The lowest BCUT2D eigenvalue weighted by molar-refractivity contribution is -0.385. The highest BCUT2D eigenvalue weighted by Gasteiger charge is 2.26. The van der Waals surface area contributed by atoms with E-state index in [0.29, 0.717) is 6.54 Å². The van der Waals surface area contributed by atoms with Crippen molar-refractivity contribution in [1.82, 2.24) is 9.62 Å². The molecule has 8 heteroatoms. The summed E-state index contributed by atoms with van der Waals surface area (Å²) in [5.41, 5.74) is -0.0151. The Hall–Kier alpha value is -1.51. The Balaban J connectivity index is 2.15. The maximum Gasteiger partial charge on any atom is 0.273 e. The Labute approximate surface area is 136 Å². The number of nitrogens with one attached hydrogen (secondary N) is 1. The van der Waals surface area contributed by atoms with E-state index in [1.807, 2.05) is 6.92 Å². The fourth-order valence-corrected chi connectivity index (χ4v) is 4.35. The third-order valence-electron chi connectivity index (χ3n) is 4.38. The van der Waals surface area contributed by atoms with Crippen LogP contribution in [-0.4, -0.2) is 43.9 Å². The summed E-state index contributed by atoms with van der Waals surface area (Å²) in [7, 11) is -3.76. The SMILES string of the molecule is CCC(CNS(=O)(=O)c1cccc([N+](=O)[O-])c1C)N1CCCC1. The fraction of sp³-hybridized carbons (Fsp3) is 0.600. The smallest absolute Gasteiger partial charge is 0.273 e. The molecule has 1 aliphatic heterocycles. The van der Waals surface area contributed by atoms with Crippen LogP contribution in [0.5, 0.6) is 0 Å². The molecule has 7 nitrogen and oxygen atoms in total. The summed E-state index contributed by atoms with van der Waals surface area (Å²) in [5.74, 6) is 0. The second-order valence-corrected chi connectivity index (χ2v) is 7.55. The van der Waals surface area contributed by atoms with Gasteiger partial charge in [0.2, 0.25) is 10.0 Å². The summed E-state index contributed by atoms with van der Waals surface area (Å²) in [6, 6.07) is 4.28. The first-order chi connectivity index (χ1) is 10.9. The second-order valence-electron chi connectivity index (χ2n) is 5.81. The highest BCUT2D eigenvalue weighted by molar-refractivity contribution is 7.89. The minimum atomic E-state index is -3.76. The summed E-state index contributed by atoms with van der Waals surface area (Å²) in [6.45, 7) is 5.81. The van der Waals surface area contributed by atoms with Crippen molar-refractivity contribution >= 4 is 15.7 Å². The molecule has 0 aromatic heterocycles. The Kier molecular flexibility index (Phi) is 5.72. The summed E-state index contributed by atoms with van der Waals surface area (Å²) in [5, 5.41) is 11.0. The van der Waals surface area contributed by atoms with Crippen LogP contribution in [0.15, 0.2) is 23.1 Å². The molecule has 0 aliphatic carbocycles. The number of hydrogen-bond acceptors (Lipinski definition) is 5. The molecule has 23 heavy (non-hydrogen) atoms. The number of sulfonamides is 1. The molecule has 1 N–H and O–H groups in total. The Morgan fingerprint density at radius 1 is 1.35 bits per heavy atom. The maximum absolute atomic E-state index is 12.5. The van der Waals surface area contributed by atoms with E-state index in [1.165, 1.54) is 25.1 Å². The first-order valence-electron chi connectivity index (χ1n) is 7.84. The van der Waals surface area contributed by atoms with Crippen LogP contribution in [0.25, 0.3) is 0 Å². The van der Waals surface area contributed by atoms with Crippen LogP contribution in [0.2, 0.25) is 0 Å². The second kappa shape index (κ2) is 7.37. The predicted octanol–water partition coefficient (Wildman–Crippen LogP) is 2.06. The number of nitrogens with zero attached hydrogens (tertiary/aromatic N) is 2. The highest BCUT2D eigenvalue weighted by Crippen LogP contribution is 2.24. The Morgan fingerprint density at radius 2 is 2.00 bits per heavy atom. The first-order valence-corrected chi connectivity index (χ1v) is 9.33. The van der Waals surface area contributed by atoms with Gasteiger partial charge in [0.15, 0.2) is 0 Å². The zero-order valence-electron chi connectivity index (χ0n) is 13.5. The van der Waals surface area contributed by atoms with Crippen LogP contribution < -0.4 is 4.72 Å². The molecular formula is C15H23N3O4S. The van der Waals surface area contributed by atoms with Crippen molar-refractivity contribution in [3.05, 3.63) is 33.9 Å². The molecule has 1 aliphatic rings. The molecule has 0 bridgehead atoms. The lowest BCUT2D eigenvalue weighted by atomic mass is 10.2. The summed E-state index contributed by atoms with van der Waals surface area (Å²) in [6.07, 6.45) is 3.15. The van der Waals surface area contributed by atoms with Crippen molar-refractivity contribution in [2.45, 2.75) is 44.0 Å². The molecule has 2 rings (SSSR count). The average Bonchev–Trinajstić information content (AvgIpc) is 3.01. The van der Waals surface area contributed by atoms with Gasteiger partial charge < -0.3 is 0 Å². The number of nitro groups is 1. The Bertz CT molecular complexity index is 669. The van der Waals surface area contributed by atoms with Gasteiger partial charge in [-0.2, -0.15) is 0 Å². The Morgan fingerprint density at radius 3 is 2.57 bits per heavy atom. The summed E-state index contributed by atoms with van der Waals surface area (Å²) in [4.78, 5) is 12.7. The van der Waals surface area contributed by atoms with Crippen LogP contribution in [0.3, 0.4) is 0 Å². The lowest BCUT2D eigenvalue weighted by Crippen LogP contribution is -2.42. The molecule has 0 spiro atoms. The van der Waals surface area contributed by atoms with Gasteiger partial charge in [0.25, 0.3) is 5.69 Å². The molecule has 1 unspecified atom stereocenters. The van der Waals surface area contributed by atoms with Crippen LogP contribution >= 0.6 is 0 Å². The third-order valence-corrected chi connectivity index (χ3v) is 5.95. The van der Waals surface area contributed by atoms with Crippen molar-refractivity contribution in [3.8, 4) is 0 Å². The maximum atomic E-state index is 12.5. The van der Waals surface area contributed by atoms with E-state index >= 15 is 0 Å². The molecule has 0 saturated carbocycles. The van der Waals surface area contributed by atoms with Gasteiger partial charge in [-0.1, -0.05) is 13.0 Å². The van der Waals surface area contributed by atoms with Gasteiger partial charge in [-0.15, -0.1) is 0 Å². The van der Waals surface area contributed by atoms with Crippen molar-refractivity contribution in [2.75, 3.05) is 19.6 Å². The molecule has 0 radical (unpaired) electrons. The third kappa shape index (κ3) is 4.07. The number of likely N-dealkylation sites (tertiary alicyclic amines) is 1.